The molecule has 0 radical (unpaired) electrons. The van der Waals surface area contributed by atoms with Crippen LogP contribution in [0.5, 0.6) is 0 Å². The van der Waals surface area contributed by atoms with Crippen LogP contribution in [-0.2, 0) is 4.79 Å². The van der Waals surface area contributed by atoms with Crippen LogP contribution >= 0.6 is 11.6 Å². The summed E-state index contributed by atoms with van der Waals surface area (Å²) in [6.45, 7) is 5.21. The summed E-state index contributed by atoms with van der Waals surface area (Å²) in [5, 5.41) is 0.655. The van der Waals surface area contributed by atoms with Gasteiger partial charge in [-0.1, -0.05) is 18.5 Å². The van der Waals surface area contributed by atoms with Gasteiger partial charge in [0, 0.05) is 30.1 Å². The van der Waals surface area contributed by atoms with Gasteiger partial charge in [0.2, 0.25) is 5.91 Å². The standard InChI is InChI=1S/C17H22ClN3O2/c1-10(11(2)19)17(22)21-7-5-12(6-8-21)16-20-14-9-13(18)3-4-15(14)23-16/h3-4,9-12H,5-8,19H2,1-2H3. The number of carbonyl (C=O) groups excluding carboxylic acids is 1. The molecule has 1 amide bonds. The number of carbonyl (C=O) groups is 1. The Kier molecular flexibility index (Phi) is 4.60. The molecule has 0 spiro atoms. The van der Waals surface area contributed by atoms with Crippen molar-refractivity contribution >= 4 is 28.6 Å². The van der Waals surface area contributed by atoms with Crippen LogP contribution < -0.4 is 5.73 Å². The number of amides is 1. The Morgan fingerprint density at radius 1 is 1.39 bits per heavy atom. The summed E-state index contributed by atoms with van der Waals surface area (Å²) in [5.41, 5.74) is 7.38. The molecular formula is C17H22ClN3O2. The summed E-state index contributed by atoms with van der Waals surface area (Å²) in [7, 11) is 0. The highest BCUT2D eigenvalue weighted by Gasteiger charge is 2.30. The molecule has 3 rings (SSSR count). The van der Waals surface area contributed by atoms with Gasteiger partial charge in [-0.25, -0.2) is 4.98 Å². The van der Waals surface area contributed by atoms with Gasteiger partial charge < -0.3 is 15.1 Å². The summed E-state index contributed by atoms with van der Waals surface area (Å²) >= 11 is 5.99. The fourth-order valence-corrected chi connectivity index (χ4v) is 3.12. The second kappa shape index (κ2) is 6.49. The third-order valence-corrected chi connectivity index (χ3v) is 4.94. The van der Waals surface area contributed by atoms with Crippen molar-refractivity contribution in [3.8, 4) is 0 Å². The largest absolute Gasteiger partial charge is 0.440 e. The molecule has 1 aromatic heterocycles. The molecule has 1 aliphatic heterocycles. The van der Waals surface area contributed by atoms with Crippen molar-refractivity contribution < 1.29 is 9.21 Å². The Hall–Kier alpha value is -1.59. The maximum Gasteiger partial charge on any atom is 0.226 e. The van der Waals surface area contributed by atoms with Crippen molar-refractivity contribution in [3.63, 3.8) is 0 Å². The van der Waals surface area contributed by atoms with Gasteiger partial charge in [0.15, 0.2) is 11.5 Å². The summed E-state index contributed by atoms with van der Waals surface area (Å²) in [6.07, 6.45) is 1.72. The minimum atomic E-state index is -0.141. The lowest BCUT2D eigenvalue weighted by Gasteiger charge is -2.33. The molecule has 124 valence electrons. The van der Waals surface area contributed by atoms with E-state index in [0.717, 1.165) is 42.9 Å². The second-order valence-corrected chi connectivity index (χ2v) is 6.85. The number of nitrogens with two attached hydrogens (primary N) is 1. The Balaban J connectivity index is 1.67. The van der Waals surface area contributed by atoms with Crippen LogP contribution in [0, 0.1) is 5.92 Å². The smallest absolute Gasteiger partial charge is 0.226 e. The van der Waals surface area contributed by atoms with Gasteiger partial charge in [0.1, 0.15) is 5.52 Å². The van der Waals surface area contributed by atoms with E-state index in [-0.39, 0.29) is 23.8 Å². The zero-order chi connectivity index (χ0) is 16.6. The molecule has 2 aromatic rings. The maximum absolute atomic E-state index is 12.4. The Morgan fingerprint density at radius 3 is 2.74 bits per heavy atom. The molecule has 0 saturated carbocycles. The highest BCUT2D eigenvalue weighted by atomic mass is 35.5. The molecule has 2 atom stereocenters. The molecule has 1 fully saturated rings. The SMILES string of the molecule is CC(N)C(C)C(=O)N1CCC(c2nc3cc(Cl)ccc3o2)CC1. The monoisotopic (exact) mass is 335 g/mol. The van der Waals surface area contributed by atoms with E-state index in [1.54, 1.807) is 6.07 Å². The summed E-state index contributed by atoms with van der Waals surface area (Å²) < 4.78 is 5.85. The van der Waals surface area contributed by atoms with Crippen LogP contribution in [0.2, 0.25) is 5.02 Å². The van der Waals surface area contributed by atoms with E-state index in [1.165, 1.54) is 0 Å². The van der Waals surface area contributed by atoms with Crippen LogP contribution in [0.15, 0.2) is 22.6 Å². The predicted octanol–water partition coefficient (Wildman–Crippen LogP) is 3.17. The Labute approximate surface area is 140 Å². The van der Waals surface area contributed by atoms with Gasteiger partial charge >= 0.3 is 0 Å². The quantitative estimate of drug-likeness (QED) is 0.935. The highest BCUT2D eigenvalue weighted by molar-refractivity contribution is 6.31. The lowest BCUT2D eigenvalue weighted by Crippen LogP contribution is -2.45. The first-order valence-electron chi connectivity index (χ1n) is 8.06. The molecule has 0 aliphatic carbocycles. The van der Waals surface area contributed by atoms with Crippen molar-refractivity contribution in [3.05, 3.63) is 29.1 Å². The molecule has 5 nitrogen and oxygen atoms in total. The number of benzene rings is 1. The number of nitrogens with zero attached hydrogens (tertiary/aromatic N) is 2. The fourth-order valence-electron chi connectivity index (χ4n) is 2.95. The van der Waals surface area contributed by atoms with E-state index in [9.17, 15) is 4.79 Å². The molecule has 2 heterocycles. The number of hydrogen-bond acceptors (Lipinski definition) is 4. The Bertz CT molecular complexity index is 705. The van der Waals surface area contributed by atoms with Crippen molar-refractivity contribution in [2.75, 3.05) is 13.1 Å². The van der Waals surface area contributed by atoms with E-state index in [4.69, 9.17) is 21.8 Å². The molecular weight excluding hydrogens is 314 g/mol. The molecule has 1 aromatic carbocycles. The molecule has 1 aliphatic rings. The summed E-state index contributed by atoms with van der Waals surface area (Å²) in [5.74, 6) is 0.992. The topological polar surface area (TPSA) is 72.4 Å². The molecule has 23 heavy (non-hydrogen) atoms. The van der Waals surface area contributed by atoms with Crippen LogP contribution in [-0.4, -0.2) is 34.9 Å². The van der Waals surface area contributed by atoms with Crippen LogP contribution in [0.25, 0.3) is 11.1 Å². The molecule has 2 unspecified atom stereocenters. The van der Waals surface area contributed by atoms with Gasteiger partial charge in [-0.3, -0.25) is 4.79 Å². The van der Waals surface area contributed by atoms with Gasteiger partial charge in [-0.2, -0.15) is 0 Å². The van der Waals surface area contributed by atoms with Crippen molar-refractivity contribution in [1.29, 1.82) is 0 Å². The molecule has 0 bridgehead atoms. The minimum Gasteiger partial charge on any atom is -0.440 e. The average molecular weight is 336 g/mol. The molecule has 6 heteroatoms. The van der Waals surface area contributed by atoms with Crippen molar-refractivity contribution in [2.24, 2.45) is 11.7 Å². The number of halogens is 1. The first kappa shape index (κ1) is 16.3. The second-order valence-electron chi connectivity index (χ2n) is 6.41. The Morgan fingerprint density at radius 2 is 2.09 bits per heavy atom. The van der Waals surface area contributed by atoms with Crippen LogP contribution in [0.4, 0.5) is 0 Å². The minimum absolute atomic E-state index is 0.123. The number of hydrogen-bond donors (Lipinski definition) is 1. The van der Waals surface area contributed by atoms with Crippen LogP contribution in [0.1, 0.15) is 38.5 Å². The number of fused-ring (bicyclic) bond motifs is 1. The number of aromatic nitrogens is 1. The zero-order valence-corrected chi connectivity index (χ0v) is 14.2. The average Bonchev–Trinajstić information content (AvgIpc) is 2.96. The van der Waals surface area contributed by atoms with Crippen molar-refractivity contribution in [1.82, 2.24) is 9.88 Å². The summed E-state index contributed by atoms with van der Waals surface area (Å²) in [4.78, 5) is 18.8. The number of oxazole rings is 1. The van der Waals surface area contributed by atoms with Crippen molar-refractivity contribution in [2.45, 2.75) is 38.6 Å². The fraction of sp³-hybridized carbons (Fsp3) is 0.529. The highest BCUT2D eigenvalue weighted by Crippen LogP contribution is 2.31. The molecule has 1 saturated heterocycles. The van der Waals surface area contributed by atoms with Gasteiger partial charge in [-0.15, -0.1) is 0 Å². The maximum atomic E-state index is 12.4. The molecule has 2 N–H and O–H groups in total. The summed E-state index contributed by atoms with van der Waals surface area (Å²) in [6, 6.07) is 5.33. The first-order chi connectivity index (χ1) is 11.0. The number of likely N-dealkylation sites (tertiary alicyclic amines) is 1. The third kappa shape index (κ3) is 3.35. The lowest BCUT2D eigenvalue weighted by atomic mass is 9.94. The van der Waals surface area contributed by atoms with Crippen LogP contribution in [0.3, 0.4) is 0 Å². The van der Waals surface area contributed by atoms with Gasteiger partial charge in [0.05, 0.1) is 5.92 Å². The van der Waals surface area contributed by atoms with E-state index >= 15 is 0 Å². The zero-order valence-electron chi connectivity index (χ0n) is 13.5. The van der Waals surface area contributed by atoms with E-state index in [0.29, 0.717) is 5.02 Å². The van der Waals surface area contributed by atoms with E-state index in [1.807, 2.05) is 30.9 Å². The van der Waals surface area contributed by atoms with E-state index < -0.39 is 0 Å². The van der Waals surface area contributed by atoms with Gasteiger partial charge in [0.25, 0.3) is 0 Å². The number of piperidine rings is 1. The normalized spacial score (nSPS) is 19.0. The first-order valence-corrected chi connectivity index (χ1v) is 8.44. The third-order valence-electron chi connectivity index (χ3n) is 4.70. The number of rotatable bonds is 3. The van der Waals surface area contributed by atoms with E-state index in [2.05, 4.69) is 4.98 Å². The lowest BCUT2D eigenvalue weighted by molar-refractivity contribution is -0.136. The predicted molar refractivity (Wildman–Crippen MR) is 90.4 cm³/mol. The van der Waals surface area contributed by atoms with Gasteiger partial charge in [-0.05, 0) is 38.0 Å².